The van der Waals surface area contributed by atoms with Gasteiger partial charge in [-0.2, -0.15) is 0 Å². The van der Waals surface area contributed by atoms with Crippen LogP contribution in [0.2, 0.25) is 0 Å². The number of pyridine rings is 1. The topological polar surface area (TPSA) is 34.9 Å². The smallest absolute Gasteiger partial charge is 0.141 e. The second-order valence-electron chi connectivity index (χ2n) is 8.01. The summed E-state index contributed by atoms with van der Waals surface area (Å²) in [6.07, 6.45) is 1.21. The van der Waals surface area contributed by atoms with E-state index in [-0.39, 0.29) is 5.78 Å². The van der Waals surface area contributed by atoms with E-state index < -0.39 is 0 Å². The molecule has 5 rings (SSSR count). The number of hydrogen-bond acceptors (Lipinski definition) is 2. The zero-order valence-electron chi connectivity index (χ0n) is 17.6. The molecule has 0 spiro atoms. The Kier molecular flexibility index (Phi) is 5.09. The lowest BCUT2D eigenvalue weighted by atomic mass is 9.99. The quantitative estimate of drug-likeness (QED) is 0.327. The van der Waals surface area contributed by atoms with Crippen LogP contribution in [0.3, 0.4) is 0 Å². The minimum atomic E-state index is 0.202. The lowest BCUT2D eigenvalue weighted by Gasteiger charge is -2.12. The summed E-state index contributed by atoms with van der Waals surface area (Å²) in [5.41, 5.74) is 6.70. The SMILES string of the molecule is CC(=O)CCc1c(-c2ccccc2)c2cc3ccccc3nc2n1Cc1ccccc1. The van der Waals surface area contributed by atoms with Crippen molar-refractivity contribution in [2.75, 3.05) is 0 Å². The van der Waals surface area contributed by atoms with Crippen LogP contribution in [0.4, 0.5) is 0 Å². The Morgan fingerprint density at radius 3 is 2.29 bits per heavy atom. The normalized spacial score (nSPS) is 11.3. The van der Waals surface area contributed by atoms with Crippen LogP contribution in [0.5, 0.6) is 0 Å². The number of benzene rings is 3. The van der Waals surface area contributed by atoms with Gasteiger partial charge in [-0.05, 0) is 36.6 Å². The first-order valence-electron chi connectivity index (χ1n) is 10.7. The Morgan fingerprint density at radius 2 is 1.55 bits per heavy atom. The van der Waals surface area contributed by atoms with E-state index in [1.165, 1.54) is 16.8 Å². The van der Waals surface area contributed by atoms with Crippen molar-refractivity contribution >= 4 is 27.7 Å². The number of ketones is 1. The molecule has 0 unspecified atom stereocenters. The van der Waals surface area contributed by atoms with Crippen LogP contribution in [-0.2, 0) is 17.8 Å². The summed E-state index contributed by atoms with van der Waals surface area (Å²) in [6, 6.07) is 31.4. The highest BCUT2D eigenvalue weighted by Crippen LogP contribution is 2.37. The number of carbonyl (C=O) groups excluding carboxylic acids is 1. The second kappa shape index (κ2) is 8.19. The summed E-state index contributed by atoms with van der Waals surface area (Å²) in [6.45, 7) is 2.39. The largest absolute Gasteiger partial charge is 0.325 e. The van der Waals surface area contributed by atoms with Crippen molar-refractivity contribution < 1.29 is 4.79 Å². The van der Waals surface area contributed by atoms with Gasteiger partial charge in [-0.15, -0.1) is 0 Å². The van der Waals surface area contributed by atoms with Gasteiger partial charge in [-0.1, -0.05) is 78.9 Å². The van der Waals surface area contributed by atoms with Crippen molar-refractivity contribution in [2.24, 2.45) is 0 Å². The van der Waals surface area contributed by atoms with E-state index in [0.29, 0.717) is 12.8 Å². The van der Waals surface area contributed by atoms with Crippen LogP contribution in [0.15, 0.2) is 91.0 Å². The van der Waals surface area contributed by atoms with Gasteiger partial charge in [0.25, 0.3) is 0 Å². The van der Waals surface area contributed by atoms with Crippen LogP contribution in [0.1, 0.15) is 24.6 Å². The average Bonchev–Trinajstić information content (AvgIpc) is 3.09. The van der Waals surface area contributed by atoms with E-state index in [9.17, 15) is 4.79 Å². The van der Waals surface area contributed by atoms with Crippen molar-refractivity contribution in [2.45, 2.75) is 26.3 Å². The zero-order valence-corrected chi connectivity index (χ0v) is 17.6. The summed E-state index contributed by atoms with van der Waals surface area (Å²) >= 11 is 0. The molecule has 0 aliphatic carbocycles. The fraction of sp³-hybridized carbons (Fsp3) is 0.143. The Morgan fingerprint density at radius 1 is 0.871 bits per heavy atom. The van der Waals surface area contributed by atoms with E-state index in [2.05, 4.69) is 77.4 Å². The molecule has 0 fully saturated rings. The molecule has 0 amide bonds. The van der Waals surface area contributed by atoms with Gasteiger partial charge in [0.1, 0.15) is 11.4 Å². The van der Waals surface area contributed by atoms with Crippen LogP contribution in [-0.4, -0.2) is 15.3 Å². The number of aromatic nitrogens is 2. The number of fused-ring (bicyclic) bond motifs is 2. The monoisotopic (exact) mass is 404 g/mol. The van der Waals surface area contributed by atoms with Crippen molar-refractivity contribution in [3.05, 3.63) is 102 Å². The molecule has 2 heterocycles. The summed E-state index contributed by atoms with van der Waals surface area (Å²) in [4.78, 5) is 17.0. The van der Waals surface area contributed by atoms with Crippen LogP contribution >= 0.6 is 0 Å². The van der Waals surface area contributed by atoms with Crippen molar-refractivity contribution in [3.63, 3.8) is 0 Å². The molecule has 2 aromatic heterocycles. The van der Waals surface area contributed by atoms with Crippen LogP contribution < -0.4 is 0 Å². The maximum atomic E-state index is 11.9. The first kappa shape index (κ1) is 19.3. The minimum Gasteiger partial charge on any atom is -0.325 e. The maximum absolute atomic E-state index is 11.9. The summed E-state index contributed by atoms with van der Waals surface area (Å²) in [7, 11) is 0. The third kappa shape index (κ3) is 3.75. The Hall–Kier alpha value is -3.72. The zero-order chi connectivity index (χ0) is 21.2. The molecule has 5 aromatic rings. The highest BCUT2D eigenvalue weighted by Gasteiger charge is 2.20. The number of Topliss-reactive ketones (excluding diaryl/α,β-unsaturated/α-hetero) is 1. The molecule has 3 nitrogen and oxygen atoms in total. The van der Waals surface area contributed by atoms with Gasteiger partial charge in [0, 0.05) is 35.0 Å². The van der Waals surface area contributed by atoms with E-state index in [1.807, 2.05) is 18.2 Å². The number of nitrogens with zero attached hydrogens (tertiary/aromatic N) is 2. The first-order valence-corrected chi connectivity index (χ1v) is 10.7. The average molecular weight is 405 g/mol. The lowest BCUT2D eigenvalue weighted by Crippen LogP contribution is -2.07. The molecule has 0 aliphatic rings. The number of carbonyl (C=O) groups is 1. The molecule has 3 heteroatoms. The molecule has 0 saturated carbocycles. The van der Waals surface area contributed by atoms with Gasteiger partial charge < -0.3 is 9.36 Å². The number of para-hydroxylation sites is 1. The molecule has 0 N–H and O–H groups in total. The molecular weight excluding hydrogens is 380 g/mol. The van der Waals surface area contributed by atoms with Gasteiger partial charge in [-0.25, -0.2) is 4.98 Å². The van der Waals surface area contributed by atoms with Crippen molar-refractivity contribution in [1.29, 1.82) is 0 Å². The van der Waals surface area contributed by atoms with Crippen molar-refractivity contribution in [3.8, 4) is 11.1 Å². The third-order valence-corrected chi connectivity index (χ3v) is 5.80. The molecule has 152 valence electrons. The van der Waals surface area contributed by atoms with Gasteiger partial charge in [0.15, 0.2) is 0 Å². The Bertz CT molecular complexity index is 1370. The van der Waals surface area contributed by atoms with Crippen LogP contribution in [0.25, 0.3) is 33.1 Å². The van der Waals surface area contributed by atoms with Gasteiger partial charge >= 0.3 is 0 Å². The van der Waals surface area contributed by atoms with E-state index in [4.69, 9.17) is 4.98 Å². The Balaban J connectivity index is 1.83. The second-order valence-corrected chi connectivity index (χ2v) is 8.01. The maximum Gasteiger partial charge on any atom is 0.141 e. The van der Waals surface area contributed by atoms with E-state index >= 15 is 0 Å². The lowest BCUT2D eigenvalue weighted by molar-refractivity contribution is -0.117. The molecule has 0 aliphatic heterocycles. The third-order valence-electron chi connectivity index (χ3n) is 5.80. The Labute approximate surface area is 182 Å². The minimum absolute atomic E-state index is 0.202. The molecule has 0 radical (unpaired) electrons. The molecule has 0 atom stereocenters. The molecule has 31 heavy (non-hydrogen) atoms. The predicted molar refractivity (Wildman–Crippen MR) is 127 cm³/mol. The van der Waals surface area contributed by atoms with Gasteiger partial charge in [0.05, 0.1) is 5.52 Å². The van der Waals surface area contributed by atoms with Crippen molar-refractivity contribution in [1.82, 2.24) is 9.55 Å². The standard InChI is InChI=1S/C28H24N2O/c1-20(31)16-17-26-27(22-12-6-3-7-13-22)24-18-23-14-8-9-15-25(23)29-28(24)30(26)19-21-10-4-2-5-11-21/h2-15,18H,16-17,19H2,1H3. The summed E-state index contributed by atoms with van der Waals surface area (Å²) in [5.74, 6) is 0.202. The van der Waals surface area contributed by atoms with Gasteiger partial charge in [0.2, 0.25) is 0 Å². The first-order chi connectivity index (χ1) is 15.2. The summed E-state index contributed by atoms with van der Waals surface area (Å²) in [5, 5.41) is 2.27. The van der Waals surface area contributed by atoms with E-state index in [1.54, 1.807) is 6.92 Å². The predicted octanol–water partition coefficient (Wildman–Crippen LogP) is 6.43. The van der Waals surface area contributed by atoms with Crippen LogP contribution in [0, 0.1) is 0 Å². The molecule has 3 aromatic carbocycles. The molecule has 0 saturated heterocycles. The van der Waals surface area contributed by atoms with E-state index in [0.717, 1.165) is 34.0 Å². The number of hydrogen-bond donors (Lipinski definition) is 0. The molecule has 0 bridgehead atoms. The number of rotatable bonds is 6. The molecular formula is C28H24N2O. The van der Waals surface area contributed by atoms with Gasteiger partial charge in [-0.3, -0.25) is 0 Å². The fourth-order valence-corrected chi connectivity index (χ4v) is 4.33. The summed E-state index contributed by atoms with van der Waals surface area (Å²) < 4.78 is 2.31. The highest BCUT2D eigenvalue weighted by molar-refractivity contribution is 6.02. The highest BCUT2D eigenvalue weighted by atomic mass is 16.1. The fourth-order valence-electron chi connectivity index (χ4n) is 4.33.